The van der Waals surface area contributed by atoms with Gasteiger partial charge in [-0.05, 0) is 12.1 Å². The van der Waals surface area contributed by atoms with Gasteiger partial charge in [0.25, 0.3) is 0 Å². The Morgan fingerprint density at radius 3 is 2.95 bits per heavy atom. The molecule has 2 N–H and O–H groups in total. The van der Waals surface area contributed by atoms with Crippen molar-refractivity contribution in [3.05, 3.63) is 42.4 Å². The number of para-hydroxylation sites is 1. The van der Waals surface area contributed by atoms with Crippen LogP contribution in [-0.2, 0) is 4.74 Å². The molecule has 20 heavy (non-hydrogen) atoms. The number of hydrogen-bond acceptors (Lipinski definition) is 5. The van der Waals surface area contributed by atoms with E-state index >= 15 is 0 Å². The van der Waals surface area contributed by atoms with Gasteiger partial charge in [0.05, 0.1) is 30.6 Å². The molecule has 3 heterocycles. The van der Waals surface area contributed by atoms with Crippen molar-refractivity contribution in [2.75, 3.05) is 18.5 Å². The van der Waals surface area contributed by atoms with Gasteiger partial charge < -0.3 is 10.1 Å². The van der Waals surface area contributed by atoms with E-state index in [-0.39, 0.29) is 0 Å². The molecule has 0 radical (unpaired) electrons. The van der Waals surface area contributed by atoms with Crippen molar-refractivity contribution in [2.45, 2.75) is 5.92 Å². The molecule has 0 spiro atoms. The van der Waals surface area contributed by atoms with Gasteiger partial charge >= 0.3 is 0 Å². The summed E-state index contributed by atoms with van der Waals surface area (Å²) in [5.74, 6) is 1.82. The fourth-order valence-electron chi connectivity index (χ4n) is 2.22. The molecule has 1 saturated heterocycles. The minimum Gasteiger partial charge on any atom is -0.380 e. The summed E-state index contributed by atoms with van der Waals surface area (Å²) in [6.07, 6.45) is 3.49. The van der Waals surface area contributed by atoms with Crippen LogP contribution in [0.3, 0.4) is 0 Å². The molecule has 2 aromatic heterocycles. The number of nitrogens with one attached hydrogen (secondary N) is 2. The Bertz CT molecular complexity index is 750. The second kappa shape index (κ2) is 4.57. The quantitative estimate of drug-likeness (QED) is 0.761. The van der Waals surface area contributed by atoms with Crippen LogP contribution in [0.4, 0.5) is 11.6 Å². The molecule has 1 aromatic carbocycles. The average molecular weight is 267 g/mol. The number of nitrogens with zero attached hydrogens (tertiary/aromatic N) is 3. The van der Waals surface area contributed by atoms with Gasteiger partial charge in [0.1, 0.15) is 5.82 Å². The van der Waals surface area contributed by atoms with Gasteiger partial charge in [0.2, 0.25) is 0 Å². The minimum absolute atomic E-state index is 0.361. The van der Waals surface area contributed by atoms with Gasteiger partial charge in [-0.2, -0.15) is 5.10 Å². The first-order chi connectivity index (χ1) is 9.90. The van der Waals surface area contributed by atoms with Crippen molar-refractivity contribution < 1.29 is 4.74 Å². The molecule has 1 aliphatic rings. The fraction of sp³-hybridized carbons (Fsp3) is 0.214. The minimum atomic E-state index is 0.361. The molecule has 1 aliphatic heterocycles. The lowest BCUT2D eigenvalue weighted by molar-refractivity contribution is 0.00662. The van der Waals surface area contributed by atoms with E-state index < -0.39 is 0 Å². The zero-order chi connectivity index (χ0) is 13.4. The number of benzene rings is 1. The molecule has 0 amide bonds. The summed E-state index contributed by atoms with van der Waals surface area (Å²) in [5, 5.41) is 11.5. The summed E-state index contributed by atoms with van der Waals surface area (Å²) < 4.78 is 5.19. The zero-order valence-corrected chi connectivity index (χ0v) is 10.7. The Labute approximate surface area is 115 Å². The lowest BCUT2D eigenvalue weighted by atomic mass is 10.1. The highest BCUT2D eigenvalue weighted by Gasteiger charge is 2.22. The van der Waals surface area contributed by atoms with Gasteiger partial charge in [-0.15, -0.1) is 0 Å². The van der Waals surface area contributed by atoms with Crippen molar-refractivity contribution >= 4 is 22.5 Å². The number of ether oxygens (including phenoxy) is 1. The van der Waals surface area contributed by atoms with E-state index in [9.17, 15) is 0 Å². The van der Waals surface area contributed by atoms with Gasteiger partial charge in [-0.3, -0.25) is 10.1 Å². The van der Waals surface area contributed by atoms with Crippen LogP contribution in [-0.4, -0.2) is 33.4 Å². The van der Waals surface area contributed by atoms with Crippen molar-refractivity contribution in [1.82, 2.24) is 20.2 Å². The SMILES string of the molecule is c1ccc2c(Nc3cncc(C4COC4)n3)n[nH]c2c1. The first-order valence-corrected chi connectivity index (χ1v) is 6.50. The van der Waals surface area contributed by atoms with Crippen molar-refractivity contribution in [1.29, 1.82) is 0 Å². The maximum Gasteiger partial charge on any atom is 0.161 e. The molecule has 4 rings (SSSR count). The molecule has 100 valence electrons. The van der Waals surface area contributed by atoms with Crippen LogP contribution in [0.2, 0.25) is 0 Å². The third-order valence-corrected chi connectivity index (χ3v) is 3.43. The Morgan fingerprint density at radius 1 is 1.20 bits per heavy atom. The highest BCUT2D eigenvalue weighted by molar-refractivity contribution is 5.90. The normalized spacial score (nSPS) is 15.2. The molecule has 6 heteroatoms. The largest absolute Gasteiger partial charge is 0.380 e. The first-order valence-electron chi connectivity index (χ1n) is 6.50. The van der Waals surface area contributed by atoms with Crippen molar-refractivity contribution in [3.63, 3.8) is 0 Å². The third-order valence-electron chi connectivity index (χ3n) is 3.43. The molecule has 0 saturated carbocycles. The lowest BCUT2D eigenvalue weighted by Crippen LogP contribution is -2.26. The predicted molar refractivity (Wildman–Crippen MR) is 75.0 cm³/mol. The number of anilines is 2. The van der Waals surface area contributed by atoms with Crippen LogP contribution in [0.5, 0.6) is 0 Å². The molecule has 0 bridgehead atoms. The van der Waals surface area contributed by atoms with Crippen molar-refractivity contribution in [2.24, 2.45) is 0 Å². The molecule has 6 nitrogen and oxygen atoms in total. The van der Waals surface area contributed by atoms with Gasteiger partial charge in [-0.25, -0.2) is 4.98 Å². The lowest BCUT2D eigenvalue weighted by Gasteiger charge is -2.25. The third kappa shape index (κ3) is 1.90. The van der Waals surface area contributed by atoms with Crippen LogP contribution in [0.15, 0.2) is 36.7 Å². The topological polar surface area (TPSA) is 75.7 Å². The molecular weight excluding hydrogens is 254 g/mol. The van der Waals surface area contributed by atoms with E-state index in [4.69, 9.17) is 4.74 Å². The predicted octanol–water partition coefficient (Wildman–Crippen LogP) is 2.21. The van der Waals surface area contributed by atoms with E-state index in [2.05, 4.69) is 25.5 Å². The molecule has 0 aliphatic carbocycles. The Morgan fingerprint density at radius 2 is 2.10 bits per heavy atom. The number of rotatable bonds is 3. The highest BCUT2D eigenvalue weighted by Crippen LogP contribution is 2.25. The summed E-state index contributed by atoms with van der Waals surface area (Å²) >= 11 is 0. The summed E-state index contributed by atoms with van der Waals surface area (Å²) in [7, 11) is 0. The van der Waals surface area contributed by atoms with E-state index in [0.717, 1.165) is 35.6 Å². The van der Waals surface area contributed by atoms with Crippen LogP contribution in [0.25, 0.3) is 10.9 Å². The standard InChI is InChI=1S/C14H13N5O/c1-2-4-11-10(3-1)14(19-18-11)17-13-6-15-5-12(16-13)9-7-20-8-9/h1-6,9H,7-8H2,(H2,16,17,18,19). The monoisotopic (exact) mass is 267 g/mol. The zero-order valence-electron chi connectivity index (χ0n) is 10.7. The molecular formula is C14H13N5O. The van der Waals surface area contributed by atoms with Gasteiger partial charge in [0, 0.05) is 17.5 Å². The maximum atomic E-state index is 5.19. The second-order valence-corrected chi connectivity index (χ2v) is 4.81. The number of H-pyrrole nitrogens is 1. The highest BCUT2D eigenvalue weighted by atomic mass is 16.5. The van der Waals surface area contributed by atoms with E-state index in [1.807, 2.05) is 24.3 Å². The summed E-state index contributed by atoms with van der Waals surface area (Å²) in [5.41, 5.74) is 1.95. The Kier molecular flexibility index (Phi) is 2.60. The van der Waals surface area contributed by atoms with Crippen LogP contribution in [0.1, 0.15) is 11.6 Å². The second-order valence-electron chi connectivity index (χ2n) is 4.81. The van der Waals surface area contributed by atoms with Crippen molar-refractivity contribution in [3.8, 4) is 0 Å². The molecule has 3 aromatic rings. The summed E-state index contributed by atoms with van der Waals surface area (Å²) in [6.45, 7) is 1.45. The molecule has 1 fully saturated rings. The van der Waals surface area contributed by atoms with Crippen LogP contribution in [0, 0.1) is 0 Å². The maximum absolute atomic E-state index is 5.19. The smallest absolute Gasteiger partial charge is 0.161 e. The molecule has 0 unspecified atom stereocenters. The fourth-order valence-corrected chi connectivity index (χ4v) is 2.22. The van der Waals surface area contributed by atoms with Gasteiger partial charge in [0.15, 0.2) is 5.82 Å². The number of fused-ring (bicyclic) bond motifs is 1. The summed E-state index contributed by atoms with van der Waals surface area (Å²) in [6, 6.07) is 7.96. The van der Waals surface area contributed by atoms with E-state index in [1.165, 1.54) is 0 Å². The van der Waals surface area contributed by atoms with Crippen LogP contribution < -0.4 is 5.32 Å². The summed E-state index contributed by atoms with van der Waals surface area (Å²) in [4.78, 5) is 8.80. The molecule has 0 atom stereocenters. The van der Waals surface area contributed by atoms with E-state index in [1.54, 1.807) is 12.4 Å². The number of hydrogen-bond donors (Lipinski definition) is 2. The average Bonchev–Trinajstić information content (AvgIpc) is 2.81. The first kappa shape index (κ1) is 11.4. The number of aromatic nitrogens is 4. The number of aromatic amines is 1. The van der Waals surface area contributed by atoms with E-state index in [0.29, 0.717) is 11.7 Å². The van der Waals surface area contributed by atoms with Crippen LogP contribution >= 0.6 is 0 Å². The van der Waals surface area contributed by atoms with Gasteiger partial charge in [-0.1, -0.05) is 12.1 Å². The Balaban J connectivity index is 1.65. The Hall–Kier alpha value is -2.47.